The van der Waals surface area contributed by atoms with Crippen molar-refractivity contribution in [1.29, 1.82) is 0 Å². The molecule has 1 fully saturated rings. The van der Waals surface area contributed by atoms with Crippen LogP contribution in [0.15, 0.2) is 42.5 Å². The van der Waals surface area contributed by atoms with Gasteiger partial charge in [0.25, 0.3) is 5.91 Å². The third-order valence-electron chi connectivity index (χ3n) is 4.57. The van der Waals surface area contributed by atoms with Crippen LogP contribution in [0.5, 0.6) is 11.5 Å². The van der Waals surface area contributed by atoms with Gasteiger partial charge in [-0.05, 0) is 50.2 Å². The predicted molar refractivity (Wildman–Crippen MR) is 116 cm³/mol. The lowest BCUT2D eigenvalue weighted by atomic mass is 10.2. The quantitative estimate of drug-likeness (QED) is 0.471. The van der Waals surface area contributed by atoms with Gasteiger partial charge in [0.2, 0.25) is 11.8 Å². The Bertz CT molecular complexity index is 1000. The van der Waals surface area contributed by atoms with Crippen LogP contribution in [-0.2, 0) is 19.1 Å². The number of rotatable bonds is 9. The largest absolute Gasteiger partial charge is 0.490 e. The van der Waals surface area contributed by atoms with Gasteiger partial charge < -0.3 is 19.5 Å². The fraction of sp³-hybridized carbons (Fsp3) is 0.304. The minimum atomic E-state index is -0.701. The van der Waals surface area contributed by atoms with Crippen LogP contribution in [-0.4, -0.2) is 43.5 Å². The molecule has 2 aromatic rings. The lowest BCUT2D eigenvalue weighted by Crippen LogP contribution is -2.28. The highest BCUT2D eigenvalue weighted by Crippen LogP contribution is 2.30. The van der Waals surface area contributed by atoms with Crippen molar-refractivity contribution in [3.63, 3.8) is 0 Å². The Morgan fingerprint density at radius 2 is 1.53 bits per heavy atom. The van der Waals surface area contributed by atoms with Gasteiger partial charge in [0.1, 0.15) is 0 Å². The molecule has 1 aliphatic rings. The number of hydrogen-bond donors (Lipinski definition) is 1. The summed E-state index contributed by atoms with van der Waals surface area (Å²) in [6.45, 7) is 4.13. The Morgan fingerprint density at radius 1 is 0.906 bits per heavy atom. The molecule has 9 nitrogen and oxygen atoms in total. The predicted octanol–water partition coefficient (Wildman–Crippen LogP) is 2.93. The van der Waals surface area contributed by atoms with Gasteiger partial charge in [-0.1, -0.05) is 0 Å². The van der Waals surface area contributed by atoms with Gasteiger partial charge in [-0.25, -0.2) is 4.79 Å². The van der Waals surface area contributed by atoms with Crippen molar-refractivity contribution in [2.75, 3.05) is 30.0 Å². The number of hydrogen-bond acceptors (Lipinski definition) is 7. The molecular weight excluding hydrogens is 416 g/mol. The van der Waals surface area contributed by atoms with Gasteiger partial charge >= 0.3 is 5.97 Å². The molecule has 1 saturated heterocycles. The minimum absolute atomic E-state index is 0.179. The SMILES string of the molecule is CCOc1ccc(NC(=O)COC(=O)c2ccc(N3C(=O)CCC3=O)cc2)cc1OCC. The molecular formula is C23H24N2O7. The summed E-state index contributed by atoms with van der Waals surface area (Å²) in [6, 6.07) is 10.8. The van der Waals surface area contributed by atoms with E-state index in [2.05, 4.69) is 5.32 Å². The first-order valence-electron chi connectivity index (χ1n) is 10.2. The smallest absolute Gasteiger partial charge is 0.338 e. The topological polar surface area (TPSA) is 111 Å². The molecule has 3 amide bonds. The summed E-state index contributed by atoms with van der Waals surface area (Å²) in [5.41, 5.74) is 1.06. The highest BCUT2D eigenvalue weighted by atomic mass is 16.5. The zero-order valence-corrected chi connectivity index (χ0v) is 17.9. The molecule has 0 aromatic heterocycles. The van der Waals surface area contributed by atoms with Crippen molar-refractivity contribution in [2.24, 2.45) is 0 Å². The second-order valence-corrected chi connectivity index (χ2v) is 6.82. The molecule has 9 heteroatoms. The first kappa shape index (κ1) is 22.8. The summed E-state index contributed by atoms with van der Waals surface area (Å²) in [7, 11) is 0. The van der Waals surface area contributed by atoms with E-state index in [9.17, 15) is 19.2 Å². The van der Waals surface area contributed by atoms with Gasteiger partial charge in [0.05, 0.1) is 24.5 Å². The summed E-state index contributed by atoms with van der Waals surface area (Å²) in [6.07, 6.45) is 0.357. The molecule has 0 aliphatic carbocycles. The normalized spacial score (nSPS) is 13.1. The number of carbonyl (C=O) groups excluding carboxylic acids is 4. The Balaban J connectivity index is 1.55. The summed E-state index contributed by atoms with van der Waals surface area (Å²) in [5, 5.41) is 2.64. The molecule has 168 valence electrons. The van der Waals surface area contributed by atoms with Crippen molar-refractivity contribution in [3.05, 3.63) is 48.0 Å². The zero-order valence-electron chi connectivity index (χ0n) is 17.9. The summed E-state index contributed by atoms with van der Waals surface area (Å²) >= 11 is 0. The van der Waals surface area contributed by atoms with Crippen molar-refractivity contribution < 1.29 is 33.4 Å². The number of ether oxygens (including phenoxy) is 3. The van der Waals surface area contributed by atoms with E-state index in [0.717, 1.165) is 4.90 Å². The summed E-state index contributed by atoms with van der Waals surface area (Å²) in [5.74, 6) is -0.700. The van der Waals surface area contributed by atoms with E-state index >= 15 is 0 Å². The number of carbonyl (C=O) groups is 4. The van der Waals surface area contributed by atoms with E-state index in [-0.39, 0.29) is 30.2 Å². The van der Waals surface area contributed by atoms with Crippen molar-refractivity contribution in [1.82, 2.24) is 0 Å². The lowest BCUT2D eigenvalue weighted by molar-refractivity contribution is -0.121. The first-order chi connectivity index (χ1) is 15.4. The molecule has 0 radical (unpaired) electrons. The van der Waals surface area contributed by atoms with Crippen molar-refractivity contribution in [3.8, 4) is 11.5 Å². The maximum Gasteiger partial charge on any atom is 0.338 e. The molecule has 1 N–H and O–H groups in total. The van der Waals surface area contributed by atoms with E-state index in [1.807, 2.05) is 13.8 Å². The van der Waals surface area contributed by atoms with Crippen LogP contribution in [0.25, 0.3) is 0 Å². The molecule has 0 spiro atoms. The second kappa shape index (κ2) is 10.4. The van der Waals surface area contributed by atoms with E-state index < -0.39 is 18.5 Å². The van der Waals surface area contributed by atoms with Crippen LogP contribution < -0.4 is 19.7 Å². The van der Waals surface area contributed by atoms with Crippen LogP contribution >= 0.6 is 0 Å². The standard InChI is InChI=1S/C23H24N2O7/c1-3-30-18-10-7-16(13-19(18)31-4-2)24-20(26)14-32-23(29)15-5-8-17(9-6-15)25-21(27)11-12-22(25)28/h5-10,13H,3-4,11-12,14H2,1-2H3,(H,24,26). The number of esters is 1. The number of anilines is 2. The zero-order chi connectivity index (χ0) is 23.1. The highest BCUT2D eigenvalue weighted by molar-refractivity contribution is 6.19. The first-order valence-corrected chi connectivity index (χ1v) is 10.2. The number of nitrogens with zero attached hydrogens (tertiary/aromatic N) is 1. The fourth-order valence-corrected chi connectivity index (χ4v) is 3.15. The molecule has 2 aromatic carbocycles. The van der Waals surface area contributed by atoms with Crippen molar-refractivity contribution in [2.45, 2.75) is 26.7 Å². The third-order valence-corrected chi connectivity index (χ3v) is 4.57. The number of imide groups is 1. The maximum atomic E-state index is 12.2. The lowest BCUT2D eigenvalue weighted by Gasteiger charge is -2.14. The minimum Gasteiger partial charge on any atom is -0.490 e. The highest BCUT2D eigenvalue weighted by Gasteiger charge is 2.30. The van der Waals surface area contributed by atoms with E-state index in [0.29, 0.717) is 36.1 Å². The second-order valence-electron chi connectivity index (χ2n) is 6.82. The Morgan fingerprint density at radius 3 is 2.16 bits per heavy atom. The molecule has 1 aliphatic heterocycles. The summed E-state index contributed by atoms with van der Waals surface area (Å²) < 4.78 is 16.1. The molecule has 1 heterocycles. The fourth-order valence-electron chi connectivity index (χ4n) is 3.15. The van der Waals surface area contributed by atoms with Crippen LogP contribution in [0.3, 0.4) is 0 Å². The van der Waals surface area contributed by atoms with Gasteiger partial charge in [-0.15, -0.1) is 0 Å². The van der Waals surface area contributed by atoms with Gasteiger partial charge in [-0.2, -0.15) is 0 Å². The number of amides is 3. The van der Waals surface area contributed by atoms with Crippen LogP contribution in [0.4, 0.5) is 11.4 Å². The maximum absolute atomic E-state index is 12.2. The van der Waals surface area contributed by atoms with Crippen LogP contribution in [0.2, 0.25) is 0 Å². The van der Waals surface area contributed by atoms with Crippen LogP contribution in [0.1, 0.15) is 37.0 Å². The molecule has 0 atom stereocenters. The van der Waals surface area contributed by atoms with Gasteiger partial charge in [0.15, 0.2) is 18.1 Å². The summed E-state index contributed by atoms with van der Waals surface area (Å²) in [4.78, 5) is 49.1. The Labute approximate surface area is 185 Å². The average molecular weight is 440 g/mol. The molecule has 32 heavy (non-hydrogen) atoms. The van der Waals surface area contributed by atoms with Crippen LogP contribution in [0, 0.1) is 0 Å². The van der Waals surface area contributed by atoms with Gasteiger partial charge in [-0.3, -0.25) is 19.3 Å². The van der Waals surface area contributed by atoms with Gasteiger partial charge in [0, 0.05) is 24.6 Å². The Hall–Kier alpha value is -3.88. The Kier molecular flexibility index (Phi) is 7.43. The average Bonchev–Trinajstić information content (AvgIpc) is 3.12. The number of benzene rings is 2. The van der Waals surface area contributed by atoms with E-state index in [4.69, 9.17) is 14.2 Å². The molecule has 0 saturated carbocycles. The molecule has 0 bridgehead atoms. The number of nitrogens with one attached hydrogen (secondary N) is 1. The van der Waals surface area contributed by atoms with E-state index in [1.54, 1.807) is 18.2 Å². The molecule has 0 unspecified atom stereocenters. The monoisotopic (exact) mass is 440 g/mol. The third kappa shape index (κ3) is 5.42. The van der Waals surface area contributed by atoms with E-state index in [1.165, 1.54) is 24.3 Å². The molecule has 3 rings (SSSR count). The van der Waals surface area contributed by atoms with Crippen molar-refractivity contribution >= 4 is 35.1 Å².